The summed E-state index contributed by atoms with van der Waals surface area (Å²) >= 11 is 6.44. The Kier molecular flexibility index (Phi) is 3.99. The topological polar surface area (TPSA) is 56.1 Å². The molecule has 2 aliphatic heterocycles. The molecule has 3 heterocycles. The average molecular weight is 340 g/mol. The molecular weight excluding hydrogens is 322 g/mol. The van der Waals surface area contributed by atoms with E-state index in [9.17, 15) is 0 Å². The molecule has 0 bridgehead atoms. The maximum atomic E-state index is 9.02. The Bertz CT molecular complexity index is 773. The van der Waals surface area contributed by atoms with Gasteiger partial charge in [0.15, 0.2) is 0 Å². The minimum absolute atomic E-state index is 0.422. The molecule has 1 aromatic heterocycles. The van der Waals surface area contributed by atoms with Crippen LogP contribution in [0, 0.1) is 17.2 Å². The van der Waals surface area contributed by atoms with Gasteiger partial charge < -0.3 is 9.80 Å². The lowest BCUT2D eigenvalue weighted by Crippen LogP contribution is -2.48. The van der Waals surface area contributed by atoms with Gasteiger partial charge in [0.1, 0.15) is 5.82 Å². The molecule has 0 saturated carbocycles. The first-order valence-corrected chi connectivity index (χ1v) is 8.61. The third-order valence-corrected chi connectivity index (χ3v) is 5.43. The van der Waals surface area contributed by atoms with Crippen molar-refractivity contribution in [3.63, 3.8) is 0 Å². The van der Waals surface area contributed by atoms with Gasteiger partial charge in [-0.05, 0) is 37.0 Å². The van der Waals surface area contributed by atoms with E-state index < -0.39 is 0 Å². The third-order valence-electron chi connectivity index (χ3n) is 5.12. The Morgan fingerprint density at radius 3 is 2.83 bits per heavy atom. The number of benzene rings is 1. The molecule has 6 heteroatoms. The summed E-state index contributed by atoms with van der Waals surface area (Å²) in [5.74, 6) is 1.62. The van der Waals surface area contributed by atoms with E-state index >= 15 is 0 Å². The van der Waals surface area contributed by atoms with E-state index in [1.807, 2.05) is 18.3 Å². The Labute approximate surface area is 146 Å². The Balaban J connectivity index is 1.59. The molecule has 24 heavy (non-hydrogen) atoms. The van der Waals surface area contributed by atoms with E-state index in [4.69, 9.17) is 16.9 Å². The highest BCUT2D eigenvalue weighted by molar-refractivity contribution is 6.33. The minimum atomic E-state index is 0.422. The largest absolute Gasteiger partial charge is 0.365 e. The van der Waals surface area contributed by atoms with E-state index in [0.29, 0.717) is 22.5 Å². The van der Waals surface area contributed by atoms with E-state index in [1.54, 1.807) is 18.5 Å². The molecule has 0 radical (unpaired) electrons. The molecule has 4 rings (SSSR count). The molecule has 2 atom stereocenters. The number of rotatable bonds is 2. The van der Waals surface area contributed by atoms with Crippen molar-refractivity contribution >= 4 is 23.1 Å². The molecule has 2 unspecified atom stereocenters. The molecule has 0 aliphatic carbocycles. The van der Waals surface area contributed by atoms with Crippen LogP contribution in [0.2, 0.25) is 5.02 Å². The fraction of sp³-hybridized carbons (Fsp3) is 0.389. The number of nitriles is 1. The van der Waals surface area contributed by atoms with Gasteiger partial charge in [0.2, 0.25) is 0 Å². The summed E-state index contributed by atoms with van der Waals surface area (Å²) in [6, 6.07) is 8.15. The monoisotopic (exact) mass is 339 g/mol. The zero-order valence-corrected chi connectivity index (χ0v) is 14.0. The summed E-state index contributed by atoms with van der Waals surface area (Å²) in [7, 11) is 0. The van der Waals surface area contributed by atoms with Gasteiger partial charge >= 0.3 is 0 Å². The maximum absolute atomic E-state index is 9.02. The van der Waals surface area contributed by atoms with Gasteiger partial charge in [0.25, 0.3) is 0 Å². The van der Waals surface area contributed by atoms with Crippen LogP contribution in [-0.4, -0.2) is 35.6 Å². The first-order chi connectivity index (χ1) is 11.8. The summed E-state index contributed by atoms with van der Waals surface area (Å²) in [6.45, 7) is 2.96. The normalized spacial score (nSPS) is 23.0. The molecule has 2 aliphatic rings. The van der Waals surface area contributed by atoms with Crippen LogP contribution in [0.3, 0.4) is 0 Å². The van der Waals surface area contributed by atoms with Crippen LogP contribution in [0.15, 0.2) is 36.8 Å². The standard InChI is InChI=1S/C18H18ClN5/c19-15-9-13(10-20)1-2-16(15)24-8-4-14-3-7-23(12-17(14)24)18-11-21-5-6-22-18/h1-2,5-6,9,11,14,17H,3-4,7-8,12H2. The van der Waals surface area contributed by atoms with Crippen molar-refractivity contribution in [1.82, 2.24) is 9.97 Å². The van der Waals surface area contributed by atoms with E-state index in [-0.39, 0.29) is 0 Å². The lowest BCUT2D eigenvalue weighted by atomic mass is 9.92. The van der Waals surface area contributed by atoms with Crippen molar-refractivity contribution < 1.29 is 0 Å². The predicted molar refractivity (Wildman–Crippen MR) is 94.3 cm³/mol. The van der Waals surface area contributed by atoms with Crippen LogP contribution in [0.5, 0.6) is 0 Å². The fourth-order valence-corrected chi connectivity index (χ4v) is 4.20. The summed E-state index contributed by atoms with van der Waals surface area (Å²) in [6.07, 6.45) is 7.62. The SMILES string of the molecule is N#Cc1ccc(N2CCC3CCN(c4cnccn4)CC32)c(Cl)c1. The minimum Gasteiger partial charge on any atom is -0.365 e. The number of halogens is 1. The van der Waals surface area contributed by atoms with Crippen LogP contribution < -0.4 is 9.80 Å². The molecule has 2 saturated heterocycles. The molecule has 2 fully saturated rings. The number of nitrogens with zero attached hydrogens (tertiary/aromatic N) is 5. The van der Waals surface area contributed by atoms with Crippen LogP contribution in [0.1, 0.15) is 18.4 Å². The van der Waals surface area contributed by atoms with Crippen molar-refractivity contribution in [3.05, 3.63) is 47.4 Å². The quantitative estimate of drug-likeness (QED) is 0.841. The number of aromatic nitrogens is 2. The van der Waals surface area contributed by atoms with Crippen molar-refractivity contribution in [2.45, 2.75) is 18.9 Å². The number of hydrogen-bond acceptors (Lipinski definition) is 5. The highest BCUT2D eigenvalue weighted by atomic mass is 35.5. The van der Waals surface area contributed by atoms with Crippen LogP contribution in [0.25, 0.3) is 0 Å². The molecule has 122 valence electrons. The summed E-state index contributed by atoms with van der Waals surface area (Å²) in [5.41, 5.74) is 1.63. The van der Waals surface area contributed by atoms with Gasteiger partial charge in [-0.15, -0.1) is 0 Å². The van der Waals surface area contributed by atoms with Crippen LogP contribution >= 0.6 is 11.6 Å². The first-order valence-electron chi connectivity index (χ1n) is 8.23. The third kappa shape index (κ3) is 2.67. The lowest BCUT2D eigenvalue weighted by molar-refractivity contribution is 0.389. The highest BCUT2D eigenvalue weighted by Crippen LogP contribution is 2.39. The maximum Gasteiger partial charge on any atom is 0.147 e. The molecule has 5 nitrogen and oxygen atoms in total. The summed E-state index contributed by atoms with van der Waals surface area (Å²) in [5, 5.41) is 9.68. The Hall–Kier alpha value is -2.32. The van der Waals surface area contributed by atoms with Crippen LogP contribution in [0.4, 0.5) is 11.5 Å². The molecule has 0 amide bonds. The van der Waals surface area contributed by atoms with Gasteiger partial charge in [-0.2, -0.15) is 5.26 Å². The molecular formula is C18H18ClN5. The Morgan fingerprint density at radius 2 is 2.08 bits per heavy atom. The molecule has 0 spiro atoms. The van der Waals surface area contributed by atoms with E-state index in [0.717, 1.165) is 37.6 Å². The first kappa shape index (κ1) is 15.2. The van der Waals surface area contributed by atoms with Crippen molar-refractivity contribution in [1.29, 1.82) is 5.26 Å². The van der Waals surface area contributed by atoms with Crippen molar-refractivity contribution in [2.75, 3.05) is 29.4 Å². The second kappa shape index (κ2) is 6.29. The number of hydrogen-bond donors (Lipinski definition) is 0. The van der Waals surface area contributed by atoms with Crippen LogP contribution in [-0.2, 0) is 0 Å². The van der Waals surface area contributed by atoms with Crippen molar-refractivity contribution in [2.24, 2.45) is 5.92 Å². The number of anilines is 2. The zero-order valence-electron chi connectivity index (χ0n) is 13.3. The van der Waals surface area contributed by atoms with Gasteiger partial charge in [0.05, 0.1) is 28.5 Å². The predicted octanol–water partition coefficient (Wildman–Crippen LogP) is 3.11. The second-order valence-corrected chi connectivity index (χ2v) is 6.79. The molecule has 0 N–H and O–H groups in total. The smallest absolute Gasteiger partial charge is 0.147 e. The van der Waals surface area contributed by atoms with E-state index in [2.05, 4.69) is 25.8 Å². The number of fused-ring (bicyclic) bond motifs is 1. The zero-order chi connectivity index (χ0) is 16.5. The summed E-state index contributed by atoms with van der Waals surface area (Å²) in [4.78, 5) is 13.3. The van der Waals surface area contributed by atoms with E-state index in [1.165, 1.54) is 6.42 Å². The lowest BCUT2D eigenvalue weighted by Gasteiger charge is -2.40. The number of piperidine rings is 1. The second-order valence-electron chi connectivity index (χ2n) is 6.39. The van der Waals surface area contributed by atoms with Gasteiger partial charge in [-0.3, -0.25) is 4.98 Å². The fourth-order valence-electron chi connectivity index (χ4n) is 3.91. The molecule has 2 aromatic rings. The van der Waals surface area contributed by atoms with Gasteiger partial charge in [-0.1, -0.05) is 11.6 Å². The van der Waals surface area contributed by atoms with Crippen molar-refractivity contribution in [3.8, 4) is 6.07 Å². The van der Waals surface area contributed by atoms with Gasteiger partial charge in [-0.25, -0.2) is 4.98 Å². The summed E-state index contributed by atoms with van der Waals surface area (Å²) < 4.78 is 0. The average Bonchev–Trinajstić information content (AvgIpc) is 3.05. The molecule has 1 aromatic carbocycles. The highest BCUT2D eigenvalue weighted by Gasteiger charge is 2.39. The Morgan fingerprint density at radius 1 is 1.21 bits per heavy atom. The van der Waals surface area contributed by atoms with Gasteiger partial charge in [0, 0.05) is 38.1 Å².